The van der Waals surface area contributed by atoms with Gasteiger partial charge in [-0.1, -0.05) is 13.0 Å². The van der Waals surface area contributed by atoms with Crippen molar-refractivity contribution in [3.8, 4) is 0 Å². The van der Waals surface area contributed by atoms with Gasteiger partial charge in [-0.2, -0.15) is 0 Å². The minimum atomic E-state index is -0.991. The molecule has 1 aliphatic heterocycles. The second-order valence-corrected chi connectivity index (χ2v) is 8.65. The molecule has 7 heteroatoms. The summed E-state index contributed by atoms with van der Waals surface area (Å²) in [5.74, 6) is -1.12. The molecule has 0 amide bonds. The number of carbonyl (C=O) groups excluding carboxylic acids is 2. The second-order valence-electron chi connectivity index (χ2n) is 8.65. The van der Waals surface area contributed by atoms with E-state index in [0.29, 0.717) is 31.3 Å². The van der Waals surface area contributed by atoms with Crippen molar-refractivity contribution >= 4 is 11.9 Å². The lowest BCUT2D eigenvalue weighted by Crippen LogP contribution is -2.63. The highest BCUT2D eigenvalue weighted by Gasteiger charge is 2.69. The lowest BCUT2D eigenvalue weighted by molar-refractivity contribution is -0.192. The van der Waals surface area contributed by atoms with E-state index in [0.717, 1.165) is 5.56 Å². The zero-order valence-electron chi connectivity index (χ0n) is 16.8. The predicted molar refractivity (Wildman–Crippen MR) is 101 cm³/mol. The highest BCUT2D eigenvalue weighted by atomic mass is 16.6. The molecule has 2 N–H and O–H groups in total. The Morgan fingerprint density at radius 2 is 2.17 bits per heavy atom. The van der Waals surface area contributed by atoms with Gasteiger partial charge in [-0.25, -0.2) is 0 Å². The summed E-state index contributed by atoms with van der Waals surface area (Å²) in [4.78, 5) is 25.2. The minimum absolute atomic E-state index is 0.112. The molecule has 0 unspecified atom stereocenters. The highest BCUT2D eigenvalue weighted by Crippen LogP contribution is 2.66. The van der Waals surface area contributed by atoms with Crippen LogP contribution in [0.3, 0.4) is 0 Å². The number of carbonyl (C=O) groups is 2. The summed E-state index contributed by atoms with van der Waals surface area (Å²) in [7, 11) is 0. The summed E-state index contributed by atoms with van der Waals surface area (Å²) in [6, 6.07) is 1.80. The maximum Gasteiger partial charge on any atom is 0.313 e. The van der Waals surface area contributed by atoms with Gasteiger partial charge < -0.3 is 24.1 Å². The second kappa shape index (κ2) is 7.29. The number of aliphatic hydroxyl groups excluding tert-OH is 2. The van der Waals surface area contributed by atoms with E-state index in [9.17, 15) is 19.8 Å². The molecule has 6 atom stereocenters. The standard InChI is InChI=1S/C22H28O7/c1-13-8-19(28-14(2)25)22(12-24)16(10-23)4-3-5-18(22)21(13)9-17(29-20(21)26)15-6-7-27-11-15/h4,6-7,11,13,17-19,23-24H,3,5,8-10,12H2,1-2H3/t13-,17+,18+,19+,21-,22+/m0/s1. The first-order valence-corrected chi connectivity index (χ1v) is 10.2. The summed E-state index contributed by atoms with van der Waals surface area (Å²) >= 11 is 0. The molecule has 2 fully saturated rings. The Bertz CT molecular complexity index is 813. The van der Waals surface area contributed by atoms with Crippen LogP contribution in [0.1, 0.15) is 51.2 Å². The Labute approximate surface area is 169 Å². The van der Waals surface area contributed by atoms with Crippen LogP contribution in [-0.4, -0.2) is 41.5 Å². The third-order valence-corrected chi connectivity index (χ3v) is 7.52. The van der Waals surface area contributed by atoms with Crippen LogP contribution in [0.5, 0.6) is 0 Å². The van der Waals surface area contributed by atoms with E-state index in [-0.39, 0.29) is 31.0 Å². The molecule has 2 aliphatic carbocycles. The van der Waals surface area contributed by atoms with Crippen molar-refractivity contribution in [2.24, 2.45) is 22.7 Å². The van der Waals surface area contributed by atoms with Gasteiger partial charge >= 0.3 is 11.9 Å². The normalized spacial score (nSPS) is 39.0. The van der Waals surface area contributed by atoms with Crippen LogP contribution in [0.25, 0.3) is 0 Å². The Hall–Kier alpha value is -2.12. The van der Waals surface area contributed by atoms with Gasteiger partial charge in [-0.05, 0) is 42.7 Å². The molecule has 1 spiro atoms. The fourth-order valence-electron chi connectivity index (χ4n) is 6.21. The van der Waals surface area contributed by atoms with Crippen LogP contribution < -0.4 is 0 Å². The van der Waals surface area contributed by atoms with E-state index in [2.05, 4.69) is 0 Å². The van der Waals surface area contributed by atoms with Gasteiger partial charge in [0.2, 0.25) is 0 Å². The Morgan fingerprint density at radius 1 is 1.38 bits per heavy atom. The third kappa shape index (κ3) is 2.78. The van der Waals surface area contributed by atoms with Crippen LogP contribution in [0.15, 0.2) is 34.7 Å². The number of cyclic esters (lactones) is 1. The molecule has 3 aliphatic rings. The van der Waals surface area contributed by atoms with E-state index in [1.807, 2.05) is 13.0 Å². The number of aliphatic hydroxyl groups is 2. The summed E-state index contributed by atoms with van der Waals surface area (Å²) < 4.78 is 16.7. The molecule has 7 nitrogen and oxygen atoms in total. The quantitative estimate of drug-likeness (QED) is 0.587. The van der Waals surface area contributed by atoms with E-state index in [4.69, 9.17) is 13.9 Å². The lowest BCUT2D eigenvalue weighted by atomic mass is 9.45. The molecule has 1 saturated carbocycles. The Balaban J connectivity index is 1.82. The first-order valence-electron chi connectivity index (χ1n) is 10.2. The molecule has 0 radical (unpaired) electrons. The minimum Gasteiger partial charge on any atom is -0.472 e. The van der Waals surface area contributed by atoms with E-state index < -0.39 is 29.0 Å². The predicted octanol–water partition coefficient (Wildman–Crippen LogP) is 2.53. The number of ether oxygens (including phenoxy) is 2. The fourth-order valence-corrected chi connectivity index (χ4v) is 6.21. The highest BCUT2D eigenvalue weighted by molar-refractivity contribution is 5.81. The van der Waals surface area contributed by atoms with Gasteiger partial charge in [-0.15, -0.1) is 0 Å². The summed E-state index contributed by atoms with van der Waals surface area (Å²) in [6.45, 7) is 2.78. The van der Waals surface area contributed by atoms with Gasteiger partial charge in [0, 0.05) is 18.9 Å². The summed E-state index contributed by atoms with van der Waals surface area (Å²) in [5.41, 5.74) is -0.355. The average molecular weight is 404 g/mol. The molecule has 1 aromatic heterocycles. The lowest BCUT2D eigenvalue weighted by Gasteiger charge is -2.59. The molecule has 4 rings (SSSR count). The fraction of sp³-hybridized carbons (Fsp3) is 0.636. The van der Waals surface area contributed by atoms with Gasteiger partial charge in [0.25, 0.3) is 0 Å². The molecule has 158 valence electrons. The SMILES string of the molecule is CC(=O)O[C@@H]1C[C@H](C)[C@@]2(C[C@H](c3ccoc3)OC2=O)[C@H]2CCC=C(CO)[C@]21CO. The van der Waals surface area contributed by atoms with Crippen molar-refractivity contribution in [1.29, 1.82) is 0 Å². The van der Waals surface area contributed by atoms with E-state index in [1.54, 1.807) is 18.6 Å². The van der Waals surface area contributed by atoms with Crippen LogP contribution in [0.2, 0.25) is 0 Å². The van der Waals surface area contributed by atoms with Crippen molar-refractivity contribution in [2.75, 3.05) is 13.2 Å². The topological polar surface area (TPSA) is 106 Å². The maximum absolute atomic E-state index is 13.4. The Morgan fingerprint density at radius 3 is 2.79 bits per heavy atom. The van der Waals surface area contributed by atoms with E-state index in [1.165, 1.54) is 6.92 Å². The molecule has 1 aromatic rings. The molecule has 2 heterocycles. The van der Waals surface area contributed by atoms with Crippen molar-refractivity contribution in [3.63, 3.8) is 0 Å². The monoisotopic (exact) mass is 404 g/mol. The van der Waals surface area contributed by atoms with Crippen molar-refractivity contribution in [3.05, 3.63) is 35.8 Å². The van der Waals surface area contributed by atoms with Crippen molar-refractivity contribution in [2.45, 2.75) is 51.7 Å². The number of hydrogen-bond donors (Lipinski definition) is 2. The van der Waals surface area contributed by atoms with Crippen LogP contribution in [0.4, 0.5) is 0 Å². The summed E-state index contributed by atoms with van der Waals surface area (Å²) in [6.07, 6.45) is 6.29. The van der Waals surface area contributed by atoms with Crippen LogP contribution in [-0.2, 0) is 19.1 Å². The molecular formula is C22H28O7. The molecule has 0 bridgehead atoms. The zero-order valence-corrected chi connectivity index (χ0v) is 16.8. The number of esters is 2. The van der Waals surface area contributed by atoms with E-state index >= 15 is 0 Å². The summed E-state index contributed by atoms with van der Waals surface area (Å²) in [5, 5.41) is 20.7. The van der Waals surface area contributed by atoms with Gasteiger partial charge in [0.1, 0.15) is 12.2 Å². The number of allylic oxidation sites excluding steroid dienone is 1. The molecule has 29 heavy (non-hydrogen) atoms. The largest absolute Gasteiger partial charge is 0.472 e. The number of fused-ring (bicyclic) bond motifs is 2. The molecule has 1 saturated heterocycles. The molecular weight excluding hydrogens is 376 g/mol. The first-order chi connectivity index (χ1) is 13.9. The van der Waals surface area contributed by atoms with Crippen LogP contribution >= 0.6 is 0 Å². The van der Waals surface area contributed by atoms with Gasteiger partial charge in [0.05, 0.1) is 36.6 Å². The smallest absolute Gasteiger partial charge is 0.313 e. The number of furan rings is 1. The number of hydrogen-bond acceptors (Lipinski definition) is 7. The van der Waals surface area contributed by atoms with Gasteiger partial charge in [0.15, 0.2) is 0 Å². The zero-order chi connectivity index (χ0) is 20.8. The van der Waals surface area contributed by atoms with Gasteiger partial charge in [-0.3, -0.25) is 9.59 Å². The molecule has 0 aromatic carbocycles. The van der Waals surface area contributed by atoms with Crippen molar-refractivity contribution in [1.82, 2.24) is 0 Å². The van der Waals surface area contributed by atoms with Crippen molar-refractivity contribution < 1.29 is 33.7 Å². The average Bonchev–Trinajstić information content (AvgIpc) is 3.34. The third-order valence-electron chi connectivity index (χ3n) is 7.52. The maximum atomic E-state index is 13.4. The Kier molecular flexibility index (Phi) is 5.07. The first kappa shape index (κ1) is 20.2. The van der Waals surface area contributed by atoms with Crippen LogP contribution in [0, 0.1) is 22.7 Å². The number of rotatable bonds is 4.